The fourth-order valence-corrected chi connectivity index (χ4v) is 3.35. The molecule has 1 heterocycles. The van der Waals surface area contributed by atoms with E-state index in [0.717, 1.165) is 25.7 Å². The van der Waals surface area contributed by atoms with Crippen molar-refractivity contribution in [2.45, 2.75) is 45.2 Å². The third kappa shape index (κ3) is 3.08. The highest BCUT2D eigenvalue weighted by atomic mass is 32.1. The second kappa shape index (κ2) is 5.12. The number of rotatable bonds is 4. The van der Waals surface area contributed by atoms with Crippen LogP contribution in [0.1, 0.15) is 43.4 Å². The van der Waals surface area contributed by atoms with Gasteiger partial charge in [-0.2, -0.15) is 17.5 Å². The van der Waals surface area contributed by atoms with Gasteiger partial charge in [0.25, 0.3) is 0 Å². The van der Waals surface area contributed by atoms with Gasteiger partial charge in [-0.05, 0) is 42.1 Å². The highest BCUT2D eigenvalue weighted by Crippen LogP contribution is 2.51. The van der Waals surface area contributed by atoms with Crippen LogP contribution >= 0.6 is 11.5 Å². The molecule has 6 heteroatoms. The Bertz CT molecular complexity index is 481. The first-order chi connectivity index (χ1) is 8.88. The second-order valence-corrected chi connectivity index (χ2v) is 5.98. The Morgan fingerprint density at radius 2 is 2.16 bits per heavy atom. The Labute approximate surface area is 114 Å². The average Bonchev–Trinajstić information content (AvgIpc) is 2.74. The van der Waals surface area contributed by atoms with E-state index in [1.54, 1.807) is 0 Å². The number of alkyl halides is 3. The van der Waals surface area contributed by atoms with Crippen LogP contribution in [0, 0.1) is 23.7 Å². The summed E-state index contributed by atoms with van der Waals surface area (Å²) in [6.07, 6.45) is 5.20. The predicted octanol–water partition coefficient (Wildman–Crippen LogP) is 3.93. The van der Waals surface area contributed by atoms with Crippen molar-refractivity contribution >= 4 is 11.5 Å². The number of aromatic nitrogens is 2. The van der Waals surface area contributed by atoms with Gasteiger partial charge in [-0.25, -0.2) is 4.98 Å². The van der Waals surface area contributed by atoms with Gasteiger partial charge in [0.2, 0.25) is 5.01 Å². The summed E-state index contributed by atoms with van der Waals surface area (Å²) < 4.78 is 41.0. The third-order valence-corrected chi connectivity index (χ3v) is 4.65. The molecule has 19 heavy (non-hydrogen) atoms. The molecule has 1 aromatic rings. The Morgan fingerprint density at radius 3 is 2.63 bits per heavy atom. The summed E-state index contributed by atoms with van der Waals surface area (Å²) in [5.41, 5.74) is 0.197. The van der Waals surface area contributed by atoms with Crippen molar-refractivity contribution < 1.29 is 13.2 Å². The quantitative estimate of drug-likeness (QED) is 0.785. The molecule has 0 atom stereocenters. The lowest BCUT2D eigenvalue weighted by Gasteiger charge is -2.46. The van der Waals surface area contributed by atoms with Gasteiger partial charge in [0, 0.05) is 12.8 Å². The summed E-state index contributed by atoms with van der Waals surface area (Å²) in [5.74, 6) is 3.37. The topological polar surface area (TPSA) is 25.8 Å². The maximum atomic E-state index is 12.4. The Kier molecular flexibility index (Phi) is 3.86. The summed E-state index contributed by atoms with van der Waals surface area (Å²) >= 11 is 0.431. The molecule has 1 aliphatic carbocycles. The van der Waals surface area contributed by atoms with Crippen LogP contribution in [0.4, 0.5) is 13.2 Å². The number of hydrogen-bond acceptors (Lipinski definition) is 3. The van der Waals surface area contributed by atoms with Gasteiger partial charge < -0.3 is 0 Å². The molecule has 1 aliphatic rings. The minimum atomic E-state index is -4.38. The molecule has 0 amide bonds. The molecule has 0 bridgehead atoms. The zero-order valence-corrected chi connectivity index (χ0v) is 11.4. The minimum absolute atomic E-state index is 0.197. The van der Waals surface area contributed by atoms with Crippen molar-refractivity contribution in [1.82, 2.24) is 9.36 Å². The van der Waals surface area contributed by atoms with E-state index < -0.39 is 11.2 Å². The summed E-state index contributed by atoms with van der Waals surface area (Å²) in [6, 6.07) is 0. The molecule has 0 saturated heterocycles. The van der Waals surface area contributed by atoms with E-state index in [2.05, 4.69) is 22.2 Å². The molecule has 1 aromatic heterocycles. The maximum absolute atomic E-state index is 12.4. The van der Waals surface area contributed by atoms with Gasteiger partial charge in [0.1, 0.15) is 5.82 Å². The standard InChI is InChI=1S/C13H15F3N2S/c1-3-5-12(4-2)7-9(8-12)6-10-17-11(19-18-10)13(14,15)16/h1,9H,4-8H2,2H3. The monoisotopic (exact) mass is 288 g/mol. The van der Waals surface area contributed by atoms with Gasteiger partial charge in [-0.1, -0.05) is 6.92 Å². The SMILES string of the molecule is C#CCC1(CC)CC(Cc2nsc(C(F)(F)F)n2)C1. The fourth-order valence-electron chi connectivity index (χ4n) is 2.79. The lowest BCUT2D eigenvalue weighted by atomic mass is 9.58. The van der Waals surface area contributed by atoms with Crippen LogP contribution in [0.25, 0.3) is 0 Å². The van der Waals surface area contributed by atoms with Crippen LogP contribution in [0.3, 0.4) is 0 Å². The molecule has 104 valence electrons. The summed E-state index contributed by atoms with van der Waals surface area (Å²) in [5, 5.41) is -0.854. The first-order valence-electron chi connectivity index (χ1n) is 6.22. The molecule has 2 rings (SSSR count). The van der Waals surface area contributed by atoms with Crippen molar-refractivity contribution in [2.75, 3.05) is 0 Å². The third-order valence-electron chi connectivity index (χ3n) is 3.85. The van der Waals surface area contributed by atoms with Crippen LogP contribution in [0.2, 0.25) is 0 Å². The van der Waals surface area contributed by atoms with Crippen LogP contribution in [0.15, 0.2) is 0 Å². The first kappa shape index (κ1) is 14.3. The maximum Gasteiger partial charge on any atom is 0.444 e. The normalized spacial score (nSPS) is 26.8. The molecule has 0 radical (unpaired) electrons. The Morgan fingerprint density at radius 1 is 1.47 bits per heavy atom. The van der Waals surface area contributed by atoms with Crippen LogP contribution < -0.4 is 0 Å². The molecule has 0 spiro atoms. The van der Waals surface area contributed by atoms with E-state index in [-0.39, 0.29) is 5.41 Å². The van der Waals surface area contributed by atoms with Crippen molar-refractivity contribution in [3.05, 3.63) is 10.8 Å². The van der Waals surface area contributed by atoms with Crippen molar-refractivity contribution in [3.63, 3.8) is 0 Å². The van der Waals surface area contributed by atoms with Crippen molar-refractivity contribution in [3.8, 4) is 12.3 Å². The fraction of sp³-hybridized carbons (Fsp3) is 0.692. The van der Waals surface area contributed by atoms with Gasteiger partial charge in [-0.3, -0.25) is 0 Å². The lowest BCUT2D eigenvalue weighted by Crippen LogP contribution is -2.37. The minimum Gasteiger partial charge on any atom is -0.215 e. The molecule has 0 aromatic carbocycles. The van der Waals surface area contributed by atoms with E-state index in [1.807, 2.05) is 0 Å². The molecular weight excluding hydrogens is 273 g/mol. The van der Waals surface area contributed by atoms with Crippen LogP contribution in [0.5, 0.6) is 0 Å². The molecule has 2 nitrogen and oxygen atoms in total. The van der Waals surface area contributed by atoms with E-state index in [9.17, 15) is 13.2 Å². The Hall–Kier alpha value is -1.09. The average molecular weight is 288 g/mol. The van der Waals surface area contributed by atoms with Gasteiger partial charge in [0.15, 0.2) is 0 Å². The van der Waals surface area contributed by atoms with Gasteiger partial charge >= 0.3 is 6.18 Å². The molecular formula is C13H15F3N2S. The molecule has 0 N–H and O–H groups in total. The van der Waals surface area contributed by atoms with E-state index in [4.69, 9.17) is 6.42 Å². The van der Waals surface area contributed by atoms with E-state index in [1.165, 1.54) is 0 Å². The number of nitrogens with zero attached hydrogens (tertiary/aromatic N) is 2. The van der Waals surface area contributed by atoms with Crippen LogP contribution in [-0.2, 0) is 12.6 Å². The molecule has 0 aliphatic heterocycles. The summed E-state index contributed by atoms with van der Waals surface area (Å²) in [6.45, 7) is 2.11. The molecule has 1 fully saturated rings. The van der Waals surface area contributed by atoms with Gasteiger partial charge in [-0.15, -0.1) is 12.3 Å². The zero-order valence-electron chi connectivity index (χ0n) is 10.6. The zero-order chi connectivity index (χ0) is 14.1. The number of hydrogen-bond donors (Lipinski definition) is 0. The summed E-state index contributed by atoms with van der Waals surface area (Å²) in [7, 11) is 0. The highest BCUT2D eigenvalue weighted by Gasteiger charge is 2.42. The van der Waals surface area contributed by atoms with Crippen LogP contribution in [-0.4, -0.2) is 9.36 Å². The molecule has 1 saturated carbocycles. The number of halogens is 3. The van der Waals surface area contributed by atoms with E-state index >= 15 is 0 Å². The van der Waals surface area contributed by atoms with Crippen molar-refractivity contribution in [1.29, 1.82) is 0 Å². The second-order valence-electron chi connectivity index (χ2n) is 5.23. The van der Waals surface area contributed by atoms with Crippen molar-refractivity contribution in [2.24, 2.45) is 11.3 Å². The number of terminal acetylenes is 1. The largest absolute Gasteiger partial charge is 0.444 e. The smallest absolute Gasteiger partial charge is 0.215 e. The molecule has 0 unspecified atom stereocenters. The van der Waals surface area contributed by atoms with E-state index in [0.29, 0.717) is 29.7 Å². The predicted molar refractivity (Wildman–Crippen MR) is 67.5 cm³/mol. The first-order valence-corrected chi connectivity index (χ1v) is 6.99. The summed E-state index contributed by atoms with van der Waals surface area (Å²) in [4.78, 5) is 3.57. The lowest BCUT2D eigenvalue weighted by molar-refractivity contribution is -0.137. The van der Waals surface area contributed by atoms with Gasteiger partial charge in [0.05, 0.1) is 0 Å². The highest BCUT2D eigenvalue weighted by molar-refractivity contribution is 7.05. The Balaban J connectivity index is 1.91.